The lowest BCUT2D eigenvalue weighted by atomic mass is 9.99. The van der Waals surface area contributed by atoms with Gasteiger partial charge in [-0.2, -0.15) is 0 Å². The standard InChI is InChI=1S/C25H28O13/c1-32-12-6-14(34-3)13(33-2)5-10(12)11-9-36-15-7-16(24(35-4)21(29)18(15)19(11)27)37-25-23(31)22(30)20(28)17(8-26)38-25/h5-7,9,17,20,22-23,25-26,28-31H,8H2,1-4H3/t17?,20-,22+,23?,25-/m1/s1. The number of phenolic OH excluding ortho intramolecular Hbond substituents is 1. The molecule has 1 aromatic heterocycles. The van der Waals surface area contributed by atoms with E-state index in [9.17, 15) is 30.3 Å². The molecule has 0 saturated carbocycles. The van der Waals surface area contributed by atoms with Gasteiger partial charge in [-0.3, -0.25) is 4.79 Å². The van der Waals surface area contributed by atoms with Gasteiger partial charge < -0.3 is 58.4 Å². The van der Waals surface area contributed by atoms with Crippen molar-refractivity contribution in [3.05, 3.63) is 34.7 Å². The number of phenols is 1. The van der Waals surface area contributed by atoms with Crippen molar-refractivity contribution in [1.82, 2.24) is 0 Å². The van der Waals surface area contributed by atoms with Gasteiger partial charge in [0, 0.05) is 17.7 Å². The van der Waals surface area contributed by atoms with E-state index in [0.717, 1.165) is 6.26 Å². The van der Waals surface area contributed by atoms with Gasteiger partial charge in [0.25, 0.3) is 0 Å². The smallest absolute Gasteiger partial charge is 0.229 e. The van der Waals surface area contributed by atoms with E-state index in [2.05, 4.69) is 0 Å². The zero-order valence-electron chi connectivity index (χ0n) is 20.9. The Kier molecular flexibility index (Phi) is 7.85. The number of hydrogen-bond donors (Lipinski definition) is 5. The number of aromatic hydroxyl groups is 1. The summed E-state index contributed by atoms with van der Waals surface area (Å²) in [6.07, 6.45) is -6.64. The average Bonchev–Trinajstić information content (AvgIpc) is 2.92. The number of ether oxygens (including phenoxy) is 6. The molecule has 1 aliphatic rings. The van der Waals surface area contributed by atoms with E-state index in [-0.39, 0.29) is 33.8 Å². The maximum atomic E-state index is 13.6. The maximum absolute atomic E-state index is 13.6. The van der Waals surface area contributed by atoms with Crippen LogP contribution in [0, 0.1) is 0 Å². The first-order chi connectivity index (χ1) is 18.2. The van der Waals surface area contributed by atoms with Crippen molar-refractivity contribution in [2.24, 2.45) is 0 Å². The fourth-order valence-corrected chi connectivity index (χ4v) is 4.23. The molecule has 0 bridgehead atoms. The molecule has 5 N–H and O–H groups in total. The highest BCUT2D eigenvalue weighted by molar-refractivity contribution is 5.92. The summed E-state index contributed by atoms with van der Waals surface area (Å²) in [5.74, 6) is -0.145. The summed E-state index contributed by atoms with van der Waals surface area (Å²) in [7, 11) is 5.51. The van der Waals surface area contributed by atoms with Crippen molar-refractivity contribution < 1.29 is 58.4 Å². The Morgan fingerprint density at radius 3 is 2.08 bits per heavy atom. The fourth-order valence-electron chi connectivity index (χ4n) is 4.23. The highest BCUT2D eigenvalue weighted by Gasteiger charge is 2.45. The van der Waals surface area contributed by atoms with Crippen LogP contribution in [-0.4, -0.2) is 91.3 Å². The first-order valence-electron chi connectivity index (χ1n) is 11.3. The summed E-state index contributed by atoms with van der Waals surface area (Å²) < 4.78 is 37.9. The van der Waals surface area contributed by atoms with Crippen molar-refractivity contribution in [1.29, 1.82) is 0 Å². The molecule has 2 heterocycles. The molecule has 4 rings (SSSR count). The highest BCUT2D eigenvalue weighted by atomic mass is 16.7. The zero-order valence-corrected chi connectivity index (χ0v) is 20.9. The number of aliphatic hydroxyl groups is 4. The minimum Gasteiger partial charge on any atom is -0.504 e. The van der Waals surface area contributed by atoms with E-state index in [1.54, 1.807) is 0 Å². The molecule has 13 heteroatoms. The molecule has 0 amide bonds. The van der Waals surface area contributed by atoms with Crippen LogP contribution in [0.15, 0.2) is 33.7 Å². The number of fused-ring (bicyclic) bond motifs is 1. The zero-order chi connectivity index (χ0) is 27.7. The largest absolute Gasteiger partial charge is 0.504 e. The summed E-state index contributed by atoms with van der Waals surface area (Å²) in [6.45, 7) is -0.665. The van der Waals surface area contributed by atoms with Crippen LogP contribution in [0.2, 0.25) is 0 Å². The van der Waals surface area contributed by atoms with Gasteiger partial charge in [-0.25, -0.2) is 0 Å². The summed E-state index contributed by atoms with van der Waals surface area (Å²) in [5, 5.41) is 50.5. The van der Waals surface area contributed by atoms with Gasteiger partial charge in [-0.05, 0) is 6.07 Å². The topological polar surface area (TPSA) is 187 Å². The average molecular weight is 536 g/mol. The molecular formula is C25H28O13. The highest BCUT2D eigenvalue weighted by Crippen LogP contribution is 2.44. The molecule has 1 fully saturated rings. The molecule has 2 aromatic carbocycles. The SMILES string of the molecule is COc1cc(OC)c(-c2coc3cc(O[C@@H]4OC(CO)[C@@H](O)[C@H](O)C4O)c(OC)c(O)c3c2=O)cc1OC. The molecule has 38 heavy (non-hydrogen) atoms. The van der Waals surface area contributed by atoms with Crippen LogP contribution in [-0.2, 0) is 4.74 Å². The van der Waals surface area contributed by atoms with Crippen molar-refractivity contribution in [2.45, 2.75) is 30.7 Å². The Morgan fingerprint density at radius 2 is 1.47 bits per heavy atom. The first kappa shape index (κ1) is 27.3. The van der Waals surface area contributed by atoms with Crippen LogP contribution >= 0.6 is 0 Å². The molecule has 13 nitrogen and oxygen atoms in total. The van der Waals surface area contributed by atoms with Crippen LogP contribution in [0.1, 0.15) is 0 Å². The Bertz CT molecular complexity index is 1370. The van der Waals surface area contributed by atoms with Crippen LogP contribution < -0.4 is 29.1 Å². The maximum Gasteiger partial charge on any atom is 0.229 e. The predicted octanol–water partition coefficient (Wildman–Crippen LogP) is 0.379. The summed E-state index contributed by atoms with van der Waals surface area (Å²) >= 11 is 0. The lowest BCUT2D eigenvalue weighted by Crippen LogP contribution is -2.60. The lowest BCUT2D eigenvalue weighted by Gasteiger charge is -2.39. The molecule has 1 aliphatic heterocycles. The van der Waals surface area contributed by atoms with Gasteiger partial charge in [0.15, 0.2) is 23.0 Å². The van der Waals surface area contributed by atoms with Crippen LogP contribution in [0.25, 0.3) is 22.1 Å². The van der Waals surface area contributed by atoms with Crippen molar-refractivity contribution in [2.75, 3.05) is 35.0 Å². The molecule has 2 unspecified atom stereocenters. The van der Waals surface area contributed by atoms with Crippen LogP contribution in [0.3, 0.4) is 0 Å². The van der Waals surface area contributed by atoms with Crippen molar-refractivity contribution >= 4 is 11.0 Å². The Hall–Kier alpha value is -3.75. The number of rotatable bonds is 8. The van der Waals surface area contributed by atoms with E-state index in [4.69, 9.17) is 32.8 Å². The van der Waals surface area contributed by atoms with Crippen LogP contribution in [0.5, 0.6) is 34.5 Å². The van der Waals surface area contributed by atoms with Gasteiger partial charge in [-0.15, -0.1) is 0 Å². The van der Waals surface area contributed by atoms with Gasteiger partial charge in [-0.1, -0.05) is 0 Å². The molecule has 5 atom stereocenters. The molecule has 3 aromatic rings. The summed E-state index contributed by atoms with van der Waals surface area (Å²) in [4.78, 5) is 13.6. The third-order valence-corrected chi connectivity index (χ3v) is 6.25. The number of benzene rings is 2. The Labute approximate surface area is 215 Å². The van der Waals surface area contributed by atoms with E-state index in [1.807, 2.05) is 0 Å². The predicted molar refractivity (Wildman–Crippen MR) is 130 cm³/mol. The lowest BCUT2D eigenvalue weighted by molar-refractivity contribution is -0.277. The Balaban J connectivity index is 1.82. The summed E-state index contributed by atoms with van der Waals surface area (Å²) in [5.41, 5.74) is -0.390. The minimum absolute atomic E-state index is 0.0373. The number of methoxy groups -OCH3 is 4. The molecule has 0 spiro atoms. The second kappa shape index (κ2) is 10.9. The molecule has 1 saturated heterocycles. The summed E-state index contributed by atoms with van der Waals surface area (Å²) in [6, 6.07) is 4.29. The molecule has 206 valence electrons. The van der Waals surface area contributed by atoms with E-state index in [0.29, 0.717) is 17.1 Å². The second-order valence-electron chi connectivity index (χ2n) is 8.33. The first-order valence-corrected chi connectivity index (χ1v) is 11.3. The van der Waals surface area contributed by atoms with Gasteiger partial charge in [0.1, 0.15) is 47.4 Å². The number of aliphatic hydroxyl groups excluding tert-OH is 4. The van der Waals surface area contributed by atoms with Crippen molar-refractivity contribution in [3.8, 4) is 45.6 Å². The van der Waals surface area contributed by atoms with Gasteiger partial charge in [0.2, 0.25) is 17.5 Å². The molecular weight excluding hydrogens is 508 g/mol. The van der Waals surface area contributed by atoms with E-state index < -0.39 is 48.5 Å². The Morgan fingerprint density at radius 1 is 0.816 bits per heavy atom. The third-order valence-electron chi connectivity index (χ3n) is 6.25. The molecule has 0 radical (unpaired) electrons. The van der Waals surface area contributed by atoms with Crippen molar-refractivity contribution in [3.63, 3.8) is 0 Å². The monoisotopic (exact) mass is 536 g/mol. The normalized spacial score (nSPS) is 23.2. The van der Waals surface area contributed by atoms with E-state index in [1.165, 1.54) is 46.6 Å². The van der Waals surface area contributed by atoms with Gasteiger partial charge >= 0.3 is 0 Å². The third kappa shape index (κ3) is 4.54. The fraction of sp³-hybridized carbons (Fsp3) is 0.400. The van der Waals surface area contributed by atoms with E-state index >= 15 is 0 Å². The quantitative estimate of drug-likeness (QED) is 0.266. The number of hydrogen-bond acceptors (Lipinski definition) is 13. The van der Waals surface area contributed by atoms with Crippen LogP contribution in [0.4, 0.5) is 0 Å². The molecule has 0 aliphatic carbocycles. The second-order valence-corrected chi connectivity index (χ2v) is 8.33. The minimum atomic E-state index is -1.72. The van der Waals surface area contributed by atoms with Gasteiger partial charge in [0.05, 0.1) is 40.6 Å².